The van der Waals surface area contributed by atoms with Crippen LogP contribution < -0.4 is 10.9 Å². The summed E-state index contributed by atoms with van der Waals surface area (Å²) in [5.41, 5.74) is 3.05. The summed E-state index contributed by atoms with van der Waals surface area (Å²) in [4.78, 5) is 35.6. The smallest absolute Gasteiger partial charge is 0.255 e. The van der Waals surface area contributed by atoms with Crippen molar-refractivity contribution in [2.45, 2.75) is 18.8 Å². The van der Waals surface area contributed by atoms with Crippen LogP contribution in [0, 0.1) is 0 Å². The Labute approximate surface area is 166 Å². The Balaban J connectivity index is 1.69. The second kappa shape index (κ2) is 7.44. The third-order valence-corrected chi connectivity index (χ3v) is 5.34. The molecule has 3 aromatic rings. The fourth-order valence-electron chi connectivity index (χ4n) is 3.47. The molecule has 0 bridgehead atoms. The first-order chi connectivity index (χ1) is 13.5. The average Bonchev–Trinajstić information content (AvgIpc) is 2.69. The van der Waals surface area contributed by atoms with Gasteiger partial charge in [-0.25, -0.2) is 0 Å². The molecule has 6 heteroatoms. The maximum Gasteiger partial charge on any atom is 0.255 e. The normalized spacial score (nSPS) is 16.7. The number of imide groups is 1. The Morgan fingerprint density at radius 3 is 2.43 bits per heavy atom. The van der Waals surface area contributed by atoms with E-state index < -0.39 is 5.92 Å². The van der Waals surface area contributed by atoms with Crippen molar-refractivity contribution in [3.63, 3.8) is 0 Å². The molecule has 0 radical (unpaired) electrons. The zero-order chi connectivity index (χ0) is 19.7. The maximum absolute atomic E-state index is 12.2. The molecule has 1 N–H and O–H groups in total. The summed E-state index contributed by atoms with van der Waals surface area (Å²) in [6.07, 6.45) is 2.47. The lowest BCUT2D eigenvalue weighted by Gasteiger charge is -2.23. The number of aromatic nitrogens is 1. The van der Waals surface area contributed by atoms with E-state index in [-0.39, 0.29) is 17.4 Å². The van der Waals surface area contributed by atoms with Crippen LogP contribution in [0.2, 0.25) is 5.02 Å². The van der Waals surface area contributed by atoms with Crippen LogP contribution in [0.5, 0.6) is 0 Å². The Morgan fingerprint density at radius 1 is 0.929 bits per heavy atom. The molecule has 28 heavy (non-hydrogen) atoms. The number of rotatable bonds is 3. The maximum atomic E-state index is 12.2. The van der Waals surface area contributed by atoms with Gasteiger partial charge in [-0.3, -0.25) is 24.3 Å². The van der Waals surface area contributed by atoms with E-state index >= 15 is 0 Å². The minimum atomic E-state index is -0.438. The van der Waals surface area contributed by atoms with Gasteiger partial charge in [0.25, 0.3) is 5.56 Å². The zero-order valence-corrected chi connectivity index (χ0v) is 15.6. The molecule has 5 nitrogen and oxygen atoms in total. The lowest BCUT2D eigenvalue weighted by molar-refractivity contribution is -0.134. The fourth-order valence-corrected chi connectivity index (χ4v) is 3.84. The number of benzene rings is 2. The first kappa shape index (κ1) is 18.2. The van der Waals surface area contributed by atoms with Crippen molar-refractivity contribution in [2.24, 2.45) is 0 Å². The molecule has 2 amide bonds. The molecule has 2 heterocycles. The minimum absolute atomic E-state index is 0.104. The molecular weight excluding hydrogens is 376 g/mol. The van der Waals surface area contributed by atoms with E-state index in [1.165, 1.54) is 6.07 Å². The number of pyridine rings is 1. The van der Waals surface area contributed by atoms with Crippen LogP contribution in [0.4, 0.5) is 0 Å². The van der Waals surface area contributed by atoms with E-state index in [0.29, 0.717) is 23.4 Å². The number of amides is 2. The highest BCUT2D eigenvalue weighted by Crippen LogP contribution is 2.37. The van der Waals surface area contributed by atoms with Crippen molar-refractivity contribution >= 4 is 23.4 Å². The molecule has 2 aromatic carbocycles. The van der Waals surface area contributed by atoms with Gasteiger partial charge >= 0.3 is 0 Å². The molecule has 0 aliphatic carbocycles. The van der Waals surface area contributed by atoms with E-state index in [4.69, 9.17) is 11.6 Å². The largest absolute Gasteiger partial charge is 0.296 e. The molecule has 1 aliphatic rings. The number of carbonyl (C=O) groups excluding carboxylic acids is 2. The summed E-state index contributed by atoms with van der Waals surface area (Å²) in [5, 5.41) is 2.88. The van der Waals surface area contributed by atoms with Crippen LogP contribution >= 0.6 is 11.6 Å². The quantitative estimate of drug-likeness (QED) is 0.691. The van der Waals surface area contributed by atoms with E-state index in [0.717, 1.165) is 16.8 Å². The summed E-state index contributed by atoms with van der Waals surface area (Å²) in [6, 6.07) is 18.1. The highest BCUT2D eigenvalue weighted by molar-refractivity contribution is 6.34. The molecule has 1 saturated heterocycles. The SMILES string of the molecule is O=C1CC[C@H](c2cccc(-c3ccc(-n4ccccc4=O)cc3)c2Cl)C(=O)N1. The summed E-state index contributed by atoms with van der Waals surface area (Å²) in [6.45, 7) is 0. The monoisotopic (exact) mass is 392 g/mol. The van der Waals surface area contributed by atoms with Crippen molar-refractivity contribution in [3.8, 4) is 16.8 Å². The zero-order valence-electron chi connectivity index (χ0n) is 14.9. The standard InChI is InChI=1S/C22H17ClN2O3/c23-21-16(4-3-5-17(21)18-11-12-19(26)24-22(18)28)14-7-9-15(10-8-14)25-13-2-1-6-20(25)27/h1-10,13,18H,11-12H2,(H,24,26,28)/t18-/m1/s1. The first-order valence-electron chi connectivity index (χ1n) is 8.95. The van der Waals surface area contributed by atoms with Gasteiger partial charge in [0.15, 0.2) is 0 Å². The van der Waals surface area contributed by atoms with Gasteiger partial charge in [0.1, 0.15) is 0 Å². The van der Waals surface area contributed by atoms with Crippen LogP contribution in [0.1, 0.15) is 24.3 Å². The first-order valence-corrected chi connectivity index (χ1v) is 9.33. The molecule has 1 aliphatic heterocycles. The summed E-state index contributed by atoms with van der Waals surface area (Å²) < 4.78 is 1.56. The van der Waals surface area contributed by atoms with E-state index in [1.807, 2.05) is 42.5 Å². The lowest BCUT2D eigenvalue weighted by Crippen LogP contribution is -2.39. The van der Waals surface area contributed by atoms with Crippen molar-refractivity contribution in [1.82, 2.24) is 9.88 Å². The molecule has 140 valence electrons. The molecule has 0 saturated carbocycles. The number of hydrogen-bond donors (Lipinski definition) is 1. The van der Waals surface area contributed by atoms with Gasteiger partial charge in [-0.15, -0.1) is 0 Å². The molecule has 1 atom stereocenters. The summed E-state index contributed by atoms with van der Waals surface area (Å²) >= 11 is 6.64. The van der Waals surface area contributed by atoms with Crippen LogP contribution in [-0.2, 0) is 9.59 Å². The Morgan fingerprint density at radius 2 is 1.71 bits per heavy atom. The second-order valence-electron chi connectivity index (χ2n) is 6.67. The highest BCUT2D eigenvalue weighted by atomic mass is 35.5. The Bertz CT molecular complexity index is 1120. The third kappa shape index (κ3) is 3.37. The molecule has 0 spiro atoms. The van der Waals surface area contributed by atoms with Crippen LogP contribution in [0.15, 0.2) is 71.7 Å². The molecule has 4 rings (SSSR count). The van der Waals surface area contributed by atoms with Gasteiger partial charge in [-0.2, -0.15) is 0 Å². The lowest BCUT2D eigenvalue weighted by atomic mass is 9.88. The number of piperidine rings is 1. The van der Waals surface area contributed by atoms with Crippen molar-refractivity contribution < 1.29 is 9.59 Å². The number of carbonyl (C=O) groups is 2. The highest BCUT2D eigenvalue weighted by Gasteiger charge is 2.30. The van der Waals surface area contributed by atoms with Crippen LogP contribution in [-0.4, -0.2) is 16.4 Å². The van der Waals surface area contributed by atoms with Crippen molar-refractivity contribution in [2.75, 3.05) is 0 Å². The Kier molecular flexibility index (Phi) is 4.84. The number of nitrogens with one attached hydrogen (secondary N) is 1. The topological polar surface area (TPSA) is 68.2 Å². The Hall–Kier alpha value is -3.18. The van der Waals surface area contributed by atoms with Gasteiger partial charge in [-0.1, -0.05) is 48.0 Å². The van der Waals surface area contributed by atoms with Crippen LogP contribution in [0.3, 0.4) is 0 Å². The number of nitrogens with zero attached hydrogens (tertiary/aromatic N) is 1. The van der Waals surface area contributed by atoms with Gasteiger partial charge < -0.3 is 0 Å². The van der Waals surface area contributed by atoms with Crippen LogP contribution in [0.25, 0.3) is 16.8 Å². The predicted molar refractivity (Wildman–Crippen MR) is 108 cm³/mol. The van der Waals surface area contributed by atoms with E-state index in [2.05, 4.69) is 5.32 Å². The predicted octanol–water partition coefficient (Wildman–Crippen LogP) is 3.68. The minimum Gasteiger partial charge on any atom is -0.296 e. The molecule has 0 unspecified atom stereocenters. The summed E-state index contributed by atoms with van der Waals surface area (Å²) in [5.74, 6) is -0.998. The van der Waals surface area contributed by atoms with Crippen molar-refractivity contribution in [3.05, 3.63) is 87.8 Å². The second-order valence-corrected chi connectivity index (χ2v) is 7.05. The number of hydrogen-bond acceptors (Lipinski definition) is 3. The third-order valence-electron chi connectivity index (χ3n) is 4.92. The van der Waals surface area contributed by atoms with Gasteiger partial charge in [0.2, 0.25) is 11.8 Å². The van der Waals surface area contributed by atoms with Crippen molar-refractivity contribution in [1.29, 1.82) is 0 Å². The van der Waals surface area contributed by atoms with Gasteiger partial charge in [0.05, 0.1) is 10.9 Å². The summed E-state index contributed by atoms with van der Waals surface area (Å²) in [7, 11) is 0. The molecular formula is C22H17ClN2O3. The van der Waals surface area contributed by atoms with Gasteiger partial charge in [0, 0.05) is 29.9 Å². The molecule has 1 aromatic heterocycles. The van der Waals surface area contributed by atoms with E-state index in [9.17, 15) is 14.4 Å². The molecule has 1 fully saturated rings. The van der Waals surface area contributed by atoms with E-state index in [1.54, 1.807) is 22.9 Å². The average molecular weight is 393 g/mol. The van der Waals surface area contributed by atoms with Gasteiger partial charge in [-0.05, 0) is 35.7 Å². The number of halogens is 1. The fraction of sp³-hybridized carbons (Fsp3) is 0.136.